The van der Waals surface area contributed by atoms with E-state index in [1.807, 2.05) is 12.1 Å². The molecular weight excluding hydrogens is 344 g/mol. The fraction of sp³-hybridized carbons (Fsp3) is 0.238. The fourth-order valence-electron chi connectivity index (χ4n) is 3.43. The van der Waals surface area contributed by atoms with Gasteiger partial charge in [-0.15, -0.1) is 0 Å². The molecule has 2 heterocycles. The molecule has 0 spiro atoms. The number of carbonyl (C=O) groups excluding carboxylic acids is 2. The zero-order chi connectivity index (χ0) is 18.1. The van der Waals surface area contributed by atoms with Gasteiger partial charge in [0.1, 0.15) is 6.04 Å². The summed E-state index contributed by atoms with van der Waals surface area (Å²) < 4.78 is 2.23. The van der Waals surface area contributed by atoms with Crippen molar-refractivity contribution in [2.75, 3.05) is 0 Å². The van der Waals surface area contributed by atoms with Gasteiger partial charge in [0.2, 0.25) is 5.12 Å². The van der Waals surface area contributed by atoms with E-state index in [-0.39, 0.29) is 10.4 Å². The molecule has 1 unspecified atom stereocenters. The lowest BCUT2D eigenvalue weighted by molar-refractivity contribution is -0.112. The number of nitrogens with zero attached hydrogens (tertiary/aromatic N) is 1. The van der Waals surface area contributed by atoms with Gasteiger partial charge >= 0.3 is 0 Å². The maximum absolute atomic E-state index is 11.9. The van der Waals surface area contributed by atoms with Crippen molar-refractivity contribution in [3.05, 3.63) is 71.4 Å². The zero-order valence-electron chi connectivity index (χ0n) is 14.6. The predicted molar refractivity (Wildman–Crippen MR) is 105 cm³/mol. The molecule has 4 nitrogen and oxygen atoms in total. The Hall–Kier alpha value is -2.53. The van der Waals surface area contributed by atoms with Gasteiger partial charge in [-0.1, -0.05) is 43.3 Å². The largest absolute Gasteiger partial charge is 0.343 e. The molecule has 1 aliphatic heterocycles. The number of hydrogen-bond donors (Lipinski definition) is 1. The standard InChI is InChI=1S/C21H20N2O2S/c1-2-14-6-8-15(9-7-14)13-23-11-10-17-16(4-3-5-19(17)23)12-18-20(24)26-21(25)22-18/h3-11,18H,2,12-13H2,1H3,(H,22,25). The van der Waals surface area contributed by atoms with E-state index in [0.29, 0.717) is 6.42 Å². The second-order valence-corrected chi connectivity index (χ2v) is 7.55. The molecule has 0 radical (unpaired) electrons. The van der Waals surface area contributed by atoms with Crippen LogP contribution in [0.1, 0.15) is 23.6 Å². The summed E-state index contributed by atoms with van der Waals surface area (Å²) in [6, 6.07) is 16.5. The molecule has 1 fully saturated rings. The van der Waals surface area contributed by atoms with Crippen molar-refractivity contribution in [3.8, 4) is 0 Å². The molecule has 3 aromatic rings. The van der Waals surface area contributed by atoms with Crippen molar-refractivity contribution in [2.45, 2.75) is 32.4 Å². The number of nitrogens with one attached hydrogen (secondary N) is 1. The van der Waals surface area contributed by atoms with E-state index in [4.69, 9.17) is 0 Å². The van der Waals surface area contributed by atoms with E-state index in [2.05, 4.69) is 59.4 Å². The van der Waals surface area contributed by atoms with Crippen molar-refractivity contribution in [1.29, 1.82) is 0 Å². The van der Waals surface area contributed by atoms with Gasteiger partial charge in [0.05, 0.1) is 0 Å². The van der Waals surface area contributed by atoms with Gasteiger partial charge < -0.3 is 9.88 Å². The van der Waals surface area contributed by atoms with Gasteiger partial charge in [-0.05, 0) is 35.2 Å². The van der Waals surface area contributed by atoms with Crippen molar-refractivity contribution >= 4 is 33.0 Å². The highest BCUT2D eigenvalue weighted by molar-refractivity contribution is 8.26. The molecule has 4 rings (SSSR count). The van der Waals surface area contributed by atoms with Crippen LogP contribution in [0.4, 0.5) is 4.79 Å². The summed E-state index contributed by atoms with van der Waals surface area (Å²) in [5, 5.41) is 3.53. The topological polar surface area (TPSA) is 51.1 Å². The lowest BCUT2D eigenvalue weighted by Crippen LogP contribution is -2.30. The first-order valence-corrected chi connectivity index (χ1v) is 9.62. The Morgan fingerprint density at radius 1 is 1.04 bits per heavy atom. The molecule has 0 bridgehead atoms. The summed E-state index contributed by atoms with van der Waals surface area (Å²) in [6.45, 7) is 2.97. The highest BCUT2D eigenvalue weighted by atomic mass is 32.2. The van der Waals surface area contributed by atoms with Gasteiger partial charge in [-0.2, -0.15) is 0 Å². The molecule has 0 aliphatic carbocycles. The average Bonchev–Trinajstić information content (AvgIpc) is 3.19. The molecule has 1 amide bonds. The Balaban J connectivity index is 1.60. The summed E-state index contributed by atoms with van der Waals surface area (Å²) in [5.74, 6) is 0. The molecule has 5 heteroatoms. The minimum Gasteiger partial charge on any atom is -0.343 e. The molecule has 2 aromatic carbocycles. The maximum atomic E-state index is 11.9. The number of amides is 1. The van der Waals surface area contributed by atoms with Crippen LogP contribution in [-0.2, 0) is 24.2 Å². The van der Waals surface area contributed by atoms with Crippen molar-refractivity contribution in [3.63, 3.8) is 0 Å². The summed E-state index contributed by atoms with van der Waals surface area (Å²) in [5.41, 5.74) is 4.84. The summed E-state index contributed by atoms with van der Waals surface area (Å²) in [4.78, 5) is 23.3. The van der Waals surface area contributed by atoms with E-state index >= 15 is 0 Å². The third kappa shape index (κ3) is 3.27. The monoisotopic (exact) mass is 364 g/mol. The molecule has 1 N–H and O–H groups in total. The quantitative estimate of drug-likeness (QED) is 0.740. The van der Waals surface area contributed by atoms with Crippen LogP contribution in [0, 0.1) is 0 Å². The normalized spacial score (nSPS) is 17.0. The van der Waals surface area contributed by atoms with Gasteiger partial charge in [0, 0.05) is 41.8 Å². The molecule has 1 saturated heterocycles. The molecule has 0 saturated carbocycles. The number of fused-ring (bicyclic) bond motifs is 1. The third-order valence-corrected chi connectivity index (χ3v) is 5.67. The first-order valence-electron chi connectivity index (χ1n) is 8.81. The number of aryl methyl sites for hydroxylation is 1. The minimum absolute atomic E-state index is 0.0950. The lowest BCUT2D eigenvalue weighted by Gasteiger charge is -2.10. The van der Waals surface area contributed by atoms with Crippen LogP contribution in [-0.4, -0.2) is 21.0 Å². The Bertz CT molecular complexity index is 975. The van der Waals surface area contributed by atoms with Crippen molar-refractivity contribution < 1.29 is 9.59 Å². The van der Waals surface area contributed by atoms with Gasteiger partial charge in [0.25, 0.3) is 5.24 Å². The SMILES string of the molecule is CCc1ccc(Cn2ccc3c(CC4NC(=O)SC4=O)cccc32)cc1. The van der Waals surface area contributed by atoms with Crippen LogP contribution in [0.3, 0.4) is 0 Å². The van der Waals surface area contributed by atoms with Crippen LogP contribution < -0.4 is 5.32 Å². The highest BCUT2D eigenvalue weighted by Crippen LogP contribution is 2.25. The first-order chi connectivity index (χ1) is 12.6. The van der Waals surface area contributed by atoms with Crippen LogP contribution in [0.25, 0.3) is 10.9 Å². The zero-order valence-corrected chi connectivity index (χ0v) is 15.4. The first kappa shape index (κ1) is 16.9. The maximum Gasteiger partial charge on any atom is 0.287 e. The molecule has 1 aromatic heterocycles. The lowest BCUT2D eigenvalue weighted by atomic mass is 10.0. The molecule has 132 valence electrons. The Morgan fingerprint density at radius 3 is 2.50 bits per heavy atom. The summed E-state index contributed by atoms with van der Waals surface area (Å²) in [6.07, 6.45) is 3.67. The molecule has 26 heavy (non-hydrogen) atoms. The summed E-state index contributed by atoms with van der Waals surface area (Å²) in [7, 11) is 0. The van der Waals surface area contributed by atoms with E-state index in [0.717, 1.165) is 41.2 Å². The second-order valence-electron chi connectivity index (χ2n) is 6.57. The Morgan fingerprint density at radius 2 is 1.81 bits per heavy atom. The van der Waals surface area contributed by atoms with E-state index in [9.17, 15) is 9.59 Å². The number of benzene rings is 2. The molecule has 1 atom stereocenters. The van der Waals surface area contributed by atoms with E-state index < -0.39 is 6.04 Å². The fourth-order valence-corrected chi connectivity index (χ4v) is 4.10. The van der Waals surface area contributed by atoms with E-state index in [1.165, 1.54) is 11.1 Å². The predicted octanol–water partition coefficient (Wildman–Crippen LogP) is 4.15. The smallest absolute Gasteiger partial charge is 0.287 e. The van der Waals surface area contributed by atoms with Gasteiger partial charge in [0.15, 0.2) is 0 Å². The number of carbonyl (C=O) groups is 2. The Labute approximate surface area is 156 Å². The molecular formula is C21H20N2O2S. The number of aromatic nitrogens is 1. The second kappa shape index (κ2) is 7.00. The molecule has 1 aliphatic rings. The van der Waals surface area contributed by atoms with Crippen LogP contribution in [0.5, 0.6) is 0 Å². The van der Waals surface area contributed by atoms with Crippen LogP contribution in [0.2, 0.25) is 0 Å². The van der Waals surface area contributed by atoms with Crippen LogP contribution >= 0.6 is 11.8 Å². The third-order valence-electron chi connectivity index (χ3n) is 4.88. The number of hydrogen-bond acceptors (Lipinski definition) is 3. The summed E-state index contributed by atoms with van der Waals surface area (Å²) >= 11 is 0.769. The van der Waals surface area contributed by atoms with E-state index in [1.54, 1.807) is 0 Å². The van der Waals surface area contributed by atoms with Crippen molar-refractivity contribution in [2.24, 2.45) is 0 Å². The van der Waals surface area contributed by atoms with Gasteiger partial charge in [-0.3, -0.25) is 9.59 Å². The highest BCUT2D eigenvalue weighted by Gasteiger charge is 2.31. The van der Waals surface area contributed by atoms with Gasteiger partial charge in [-0.25, -0.2) is 0 Å². The average molecular weight is 364 g/mol. The number of thioether (sulfide) groups is 1. The Kier molecular flexibility index (Phi) is 4.55. The minimum atomic E-state index is -0.428. The number of rotatable bonds is 5. The van der Waals surface area contributed by atoms with Crippen LogP contribution in [0.15, 0.2) is 54.7 Å². The van der Waals surface area contributed by atoms with Crippen molar-refractivity contribution in [1.82, 2.24) is 9.88 Å².